The zero-order chi connectivity index (χ0) is 25.9. The fourth-order valence-electron chi connectivity index (χ4n) is 5.87. The molecule has 0 N–H and O–H groups in total. The highest BCUT2D eigenvalue weighted by Crippen LogP contribution is 2.41. The van der Waals surface area contributed by atoms with Crippen molar-refractivity contribution < 1.29 is 0 Å². The Kier molecular flexibility index (Phi) is 5.22. The molecule has 6 aromatic carbocycles. The summed E-state index contributed by atoms with van der Waals surface area (Å²) >= 11 is 5.42. The van der Waals surface area contributed by atoms with Gasteiger partial charge in [-0.3, -0.25) is 0 Å². The molecule has 184 valence electrons. The first-order valence-electron chi connectivity index (χ1n) is 13.0. The molecule has 3 heteroatoms. The lowest BCUT2D eigenvalue weighted by atomic mass is 9.98. The normalized spacial score (nSPS) is 11.7. The summed E-state index contributed by atoms with van der Waals surface area (Å²) in [5.41, 5.74) is 8.58. The Morgan fingerprint density at radius 3 is 1.97 bits per heavy atom. The van der Waals surface area contributed by atoms with Gasteiger partial charge in [0.25, 0.3) is 0 Å². The van der Waals surface area contributed by atoms with Gasteiger partial charge in [-0.1, -0.05) is 94.8 Å². The van der Waals surface area contributed by atoms with E-state index in [9.17, 15) is 0 Å². The van der Waals surface area contributed by atoms with E-state index < -0.39 is 0 Å². The van der Waals surface area contributed by atoms with Crippen LogP contribution in [0.3, 0.4) is 0 Å². The van der Waals surface area contributed by atoms with E-state index in [-0.39, 0.29) is 0 Å². The monoisotopic (exact) mass is 579 g/mol. The van der Waals surface area contributed by atoms with Gasteiger partial charge in [-0.2, -0.15) is 0 Å². The van der Waals surface area contributed by atoms with Crippen LogP contribution in [0.2, 0.25) is 0 Å². The van der Waals surface area contributed by atoms with Crippen molar-refractivity contribution in [2.24, 2.45) is 0 Å². The second-order valence-electron chi connectivity index (χ2n) is 9.92. The van der Waals surface area contributed by atoms with Crippen LogP contribution in [-0.4, -0.2) is 4.57 Å². The standard InChI is InChI=1S/C36H22BrNS/c37-27-18-15-23(16-19-27)24-7-5-8-25(21-24)26-17-20-32-30(22-26)28-9-1-3-11-31(28)38(32)33-12-6-14-35-36(33)29-10-2-4-13-34(29)39-35/h1-22H. The van der Waals surface area contributed by atoms with Crippen LogP contribution in [0, 0.1) is 0 Å². The topological polar surface area (TPSA) is 4.93 Å². The van der Waals surface area contributed by atoms with Crippen LogP contribution in [-0.2, 0) is 0 Å². The van der Waals surface area contributed by atoms with E-state index in [1.165, 1.54) is 69.9 Å². The number of hydrogen-bond acceptors (Lipinski definition) is 1. The predicted molar refractivity (Wildman–Crippen MR) is 172 cm³/mol. The molecule has 0 saturated heterocycles. The molecule has 0 atom stereocenters. The molecule has 0 bridgehead atoms. The van der Waals surface area contributed by atoms with Crippen LogP contribution in [0.4, 0.5) is 0 Å². The number of aromatic nitrogens is 1. The summed E-state index contributed by atoms with van der Waals surface area (Å²) in [5, 5.41) is 5.19. The van der Waals surface area contributed by atoms with Crippen LogP contribution in [0.15, 0.2) is 138 Å². The van der Waals surface area contributed by atoms with Crippen LogP contribution in [0.5, 0.6) is 0 Å². The Balaban J connectivity index is 1.36. The van der Waals surface area contributed by atoms with Crippen molar-refractivity contribution in [2.45, 2.75) is 0 Å². The smallest absolute Gasteiger partial charge is 0.0555 e. The van der Waals surface area contributed by atoms with Gasteiger partial charge >= 0.3 is 0 Å². The molecule has 2 heterocycles. The highest BCUT2D eigenvalue weighted by Gasteiger charge is 2.17. The van der Waals surface area contributed by atoms with E-state index in [1.54, 1.807) is 0 Å². The van der Waals surface area contributed by atoms with Gasteiger partial charge in [0.2, 0.25) is 0 Å². The largest absolute Gasteiger partial charge is 0.309 e. The third kappa shape index (κ3) is 3.65. The number of nitrogens with zero attached hydrogens (tertiary/aromatic N) is 1. The first-order chi connectivity index (χ1) is 19.2. The van der Waals surface area contributed by atoms with Crippen molar-refractivity contribution in [1.82, 2.24) is 4.57 Å². The van der Waals surface area contributed by atoms with Gasteiger partial charge in [-0.15, -0.1) is 11.3 Å². The van der Waals surface area contributed by atoms with Crippen LogP contribution in [0.25, 0.3) is 69.9 Å². The summed E-state index contributed by atoms with van der Waals surface area (Å²) in [6.07, 6.45) is 0. The molecule has 0 radical (unpaired) electrons. The Morgan fingerprint density at radius 1 is 0.462 bits per heavy atom. The second kappa shape index (κ2) is 8.94. The highest BCUT2D eigenvalue weighted by molar-refractivity contribution is 9.10. The average Bonchev–Trinajstić information content (AvgIpc) is 3.53. The molecule has 0 aliphatic rings. The zero-order valence-electron chi connectivity index (χ0n) is 20.9. The maximum atomic E-state index is 3.55. The van der Waals surface area contributed by atoms with Gasteiger partial charge < -0.3 is 4.57 Å². The Labute approximate surface area is 238 Å². The summed E-state index contributed by atoms with van der Waals surface area (Å²) in [4.78, 5) is 0. The third-order valence-corrected chi connectivity index (χ3v) is 9.33. The molecular formula is C36H22BrNS. The summed E-state index contributed by atoms with van der Waals surface area (Å²) in [7, 11) is 0. The molecule has 0 amide bonds. The molecule has 2 aromatic heterocycles. The first kappa shape index (κ1) is 22.8. The minimum atomic E-state index is 1.09. The first-order valence-corrected chi connectivity index (χ1v) is 14.7. The van der Waals surface area contributed by atoms with Gasteiger partial charge in [-0.25, -0.2) is 0 Å². The number of thiophene rings is 1. The van der Waals surface area contributed by atoms with Gasteiger partial charge in [0.15, 0.2) is 0 Å². The molecule has 8 rings (SSSR count). The lowest BCUT2D eigenvalue weighted by molar-refractivity contribution is 1.20. The SMILES string of the molecule is Brc1ccc(-c2cccc(-c3ccc4c(c3)c3ccccc3n4-c3cccc4sc5ccccc5c34)c2)cc1. The number of fused-ring (bicyclic) bond motifs is 6. The van der Waals surface area contributed by atoms with E-state index in [0.29, 0.717) is 0 Å². The molecular weight excluding hydrogens is 558 g/mol. The van der Waals surface area contributed by atoms with Gasteiger partial charge in [0.1, 0.15) is 0 Å². The maximum absolute atomic E-state index is 3.55. The zero-order valence-corrected chi connectivity index (χ0v) is 23.3. The fraction of sp³-hybridized carbons (Fsp3) is 0. The van der Waals surface area contributed by atoms with Gasteiger partial charge in [-0.05, 0) is 76.9 Å². The van der Waals surface area contributed by atoms with Crippen molar-refractivity contribution in [3.05, 3.63) is 138 Å². The number of hydrogen-bond donors (Lipinski definition) is 0. The van der Waals surface area contributed by atoms with E-state index in [2.05, 4.69) is 154 Å². The Hall–Kier alpha value is -4.18. The summed E-state index contributed by atoms with van der Waals surface area (Å²) in [6.45, 7) is 0. The minimum Gasteiger partial charge on any atom is -0.309 e. The molecule has 0 aliphatic carbocycles. The van der Waals surface area contributed by atoms with Crippen LogP contribution in [0.1, 0.15) is 0 Å². The quantitative estimate of drug-likeness (QED) is 0.196. The lowest BCUT2D eigenvalue weighted by Crippen LogP contribution is -1.94. The average molecular weight is 581 g/mol. The molecule has 0 unspecified atom stereocenters. The minimum absolute atomic E-state index is 1.09. The Bertz CT molecular complexity index is 2180. The van der Waals surface area contributed by atoms with Crippen LogP contribution < -0.4 is 0 Å². The summed E-state index contributed by atoms with van der Waals surface area (Å²) < 4.78 is 6.19. The predicted octanol–water partition coefficient (Wildman–Crippen LogP) is 11.2. The van der Waals surface area contributed by atoms with E-state index in [0.717, 1.165) is 4.47 Å². The highest BCUT2D eigenvalue weighted by atomic mass is 79.9. The molecule has 1 nitrogen and oxygen atoms in total. The third-order valence-electron chi connectivity index (χ3n) is 7.67. The Morgan fingerprint density at radius 2 is 1.10 bits per heavy atom. The van der Waals surface area contributed by atoms with E-state index in [4.69, 9.17) is 0 Å². The summed E-state index contributed by atoms with van der Waals surface area (Å²) in [6, 6.07) is 48.5. The van der Waals surface area contributed by atoms with Crippen molar-refractivity contribution in [3.8, 4) is 27.9 Å². The van der Waals surface area contributed by atoms with Crippen molar-refractivity contribution >= 4 is 69.2 Å². The molecule has 39 heavy (non-hydrogen) atoms. The van der Waals surface area contributed by atoms with Crippen LogP contribution >= 0.6 is 27.3 Å². The molecule has 0 saturated carbocycles. The molecule has 8 aromatic rings. The second-order valence-corrected chi connectivity index (χ2v) is 11.9. The number of rotatable bonds is 3. The number of para-hydroxylation sites is 1. The van der Waals surface area contributed by atoms with Crippen molar-refractivity contribution in [1.29, 1.82) is 0 Å². The molecule has 0 fully saturated rings. The van der Waals surface area contributed by atoms with Crippen molar-refractivity contribution in [2.75, 3.05) is 0 Å². The van der Waals surface area contributed by atoms with Crippen molar-refractivity contribution in [3.63, 3.8) is 0 Å². The van der Waals surface area contributed by atoms with Gasteiger partial charge in [0.05, 0.1) is 16.7 Å². The van der Waals surface area contributed by atoms with E-state index >= 15 is 0 Å². The van der Waals surface area contributed by atoms with Gasteiger partial charge in [0, 0.05) is 35.4 Å². The summed E-state index contributed by atoms with van der Waals surface area (Å²) in [5.74, 6) is 0. The van der Waals surface area contributed by atoms with E-state index in [1.807, 2.05) is 11.3 Å². The number of halogens is 1. The number of benzene rings is 6. The molecule has 0 aliphatic heterocycles. The lowest BCUT2D eigenvalue weighted by Gasteiger charge is -2.11. The molecule has 0 spiro atoms. The fourth-order valence-corrected chi connectivity index (χ4v) is 7.27. The maximum Gasteiger partial charge on any atom is 0.0555 e.